The average molecular weight is 280 g/mol. The molecule has 4 heteroatoms. The molecule has 4 nitrogen and oxygen atoms in total. The van der Waals surface area contributed by atoms with Crippen molar-refractivity contribution in [1.82, 2.24) is 0 Å². The molecule has 0 heterocycles. The minimum absolute atomic E-state index is 0.0685. The van der Waals surface area contributed by atoms with Crippen molar-refractivity contribution < 1.29 is 20.1 Å². The van der Waals surface area contributed by atoms with Crippen LogP contribution < -0.4 is 0 Å². The molecule has 1 aliphatic rings. The van der Waals surface area contributed by atoms with E-state index in [1.807, 2.05) is 0 Å². The van der Waals surface area contributed by atoms with E-state index in [4.69, 9.17) is 0 Å². The van der Waals surface area contributed by atoms with Crippen molar-refractivity contribution in [3.8, 4) is 11.5 Å². The van der Waals surface area contributed by atoms with Gasteiger partial charge in [-0.1, -0.05) is 25.3 Å². The van der Waals surface area contributed by atoms with Gasteiger partial charge in [0.15, 0.2) is 0 Å². The number of aromatic hydroxyl groups is 2. The Hall–Kier alpha value is -3.01. The number of carbonyl (C=O) groups is 1. The van der Waals surface area contributed by atoms with Gasteiger partial charge in [0.1, 0.15) is 17.3 Å². The number of ketones is 1. The van der Waals surface area contributed by atoms with Crippen molar-refractivity contribution in [3.05, 3.63) is 71.3 Å². The zero-order valence-electron chi connectivity index (χ0n) is 11.1. The molecule has 0 aliphatic heterocycles. The normalized spacial score (nSPS) is 12.8. The van der Waals surface area contributed by atoms with Gasteiger partial charge in [-0.25, -0.2) is 0 Å². The number of rotatable bonds is 1. The van der Waals surface area contributed by atoms with Gasteiger partial charge in [-0.3, -0.25) is 4.79 Å². The molecular weight excluding hydrogens is 268 g/mol. The van der Waals surface area contributed by atoms with E-state index < -0.39 is 5.78 Å². The summed E-state index contributed by atoms with van der Waals surface area (Å²) in [6.07, 6.45) is 0. The highest BCUT2D eigenvalue weighted by molar-refractivity contribution is 6.21. The van der Waals surface area contributed by atoms with Gasteiger partial charge in [-0.15, -0.1) is 0 Å². The van der Waals surface area contributed by atoms with Crippen LogP contribution in [0.25, 0.3) is 11.3 Å². The van der Waals surface area contributed by atoms with Crippen LogP contribution in [0.15, 0.2) is 43.5 Å². The van der Waals surface area contributed by atoms with Crippen LogP contribution in [0, 0.1) is 0 Å². The largest absolute Gasteiger partial charge is 0.508 e. The first kappa shape index (κ1) is 13.0. The molecule has 0 saturated heterocycles. The highest BCUT2D eigenvalue weighted by atomic mass is 16.3. The smallest absolute Gasteiger partial charge is 0.201 e. The molecule has 21 heavy (non-hydrogen) atoms. The molecule has 0 unspecified atom stereocenters. The van der Waals surface area contributed by atoms with Crippen LogP contribution in [0.2, 0.25) is 0 Å². The maximum absolute atomic E-state index is 12.5. The third-order valence-corrected chi connectivity index (χ3v) is 3.60. The molecule has 3 rings (SSSR count). The van der Waals surface area contributed by atoms with E-state index in [0.717, 1.165) is 0 Å². The molecule has 0 bridgehead atoms. The molecule has 2 aromatic carbocycles. The number of hydrogen-bond donors (Lipinski definition) is 3. The van der Waals surface area contributed by atoms with E-state index in [-0.39, 0.29) is 28.4 Å². The number of fused-ring (bicyclic) bond motifs is 2. The lowest BCUT2D eigenvalue weighted by molar-refractivity contribution is 0.103. The predicted molar refractivity (Wildman–Crippen MR) is 79.4 cm³/mol. The third kappa shape index (κ3) is 1.73. The van der Waals surface area contributed by atoms with E-state index in [9.17, 15) is 20.1 Å². The molecule has 104 valence electrons. The Kier molecular flexibility index (Phi) is 2.63. The highest BCUT2D eigenvalue weighted by Crippen LogP contribution is 2.42. The second-order valence-electron chi connectivity index (χ2n) is 4.87. The third-order valence-electron chi connectivity index (χ3n) is 3.60. The van der Waals surface area contributed by atoms with E-state index in [2.05, 4.69) is 13.2 Å². The Balaban J connectivity index is 2.36. The second kappa shape index (κ2) is 4.24. The zero-order chi connectivity index (χ0) is 15.3. The van der Waals surface area contributed by atoms with Crippen LogP contribution in [0.3, 0.4) is 0 Å². The summed E-state index contributed by atoms with van der Waals surface area (Å²) in [4.78, 5) is 12.5. The summed E-state index contributed by atoms with van der Waals surface area (Å²) in [5.74, 6) is -1.12. The lowest BCUT2D eigenvalue weighted by Crippen LogP contribution is -2.15. The first-order valence-electron chi connectivity index (χ1n) is 6.23. The minimum atomic E-state index is -0.474. The highest BCUT2D eigenvalue weighted by Gasteiger charge is 2.31. The molecule has 0 spiro atoms. The van der Waals surface area contributed by atoms with Crippen LogP contribution in [0.5, 0.6) is 11.5 Å². The second-order valence-corrected chi connectivity index (χ2v) is 4.87. The van der Waals surface area contributed by atoms with Crippen molar-refractivity contribution in [2.45, 2.75) is 0 Å². The monoisotopic (exact) mass is 280 g/mol. The summed E-state index contributed by atoms with van der Waals surface area (Å²) in [6.45, 7) is 7.34. The Labute approximate surface area is 120 Å². The lowest BCUT2D eigenvalue weighted by Gasteiger charge is -2.23. The van der Waals surface area contributed by atoms with E-state index in [1.54, 1.807) is 18.2 Å². The molecule has 1 aliphatic carbocycles. The fourth-order valence-corrected chi connectivity index (χ4v) is 2.57. The molecule has 2 aromatic rings. The van der Waals surface area contributed by atoms with Crippen molar-refractivity contribution in [2.24, 2.45) is 0 Å². The lowest BCUT2D eigenvalue weighted by atomic mass is 9.80. The first-order chi connectivity index (χ1) is 9.91. The molecular formula is C17H12O4. The van der Waals surface area contributed by atoms with Crippen molar-refractivity contribution in [2.75, 3.05) is 0 Å². The summed E-state index contributed by atoms with van der Waals surface area (Å²) in [6, 6.07) is 7.51. The van der Waals surface area contributed by atoms with Gasteiger partial charge < -0.3 is 15.3 Å². The summed E-state index contributed by atoms with van der Waals surface area (Å²) < 4.78 is 0. The number of aliphatic hydroxyl groups is 1. The van der Waals surface area contributed by atoms with Crippen LogP contribution in [-0.2, 0) is 0 Å². The van der Waals surface area contributed by atoms with E-state index >= 15 is 0 Å². The molecule has 3 N–H and O–H groups in total. The van der Waals surface area contributed by atoms with Crippen LogP contribution >= 0.6 is 0 Å². The Bertz CT molecular complexity index is 831. The van der Waals surface area contributed by atoms with Gasteiger partial charge in [0.05, 0.1) is 11.1 Å². The topological polar surface area (TPSA) is 77.8 Å². The summed E-state index contributed by atoms with van der Waals surface area (Å²) in [7, 11) is 0. The zero-order valence-corrected chi connectivity index (χ0v) is 11.1. The van der Waals surface area contributed by atoms with Crippen molar-refractivity contribution >= 4 is 17.1 Å². The fourth-order valence-electron chi connectivity index (χ4n) is 2.57. The van der Waals surface area contributed by atoms with Crippen LogP contribution in [0.1, 0.15) is 32.6 Å². The molecule has 0 amide bonds. The quantitative estimate of drug-likeness (QED) is 0.598. The Morgan fingerprint density at radius 1 is 1.00 bits per heavy atom. The summed E-state index contributed by atoms with van der Waals surface area (Å²) in [5, 5.41) is 29.5. The van der Waals surface area contributed by atoms with E-state index in [0.29, 0.717) is 22.3 Å². The number of hydrogen-bond acceptors (Lipinski definition) is 4. The number of benzene rings is 2. The number of carbonyl (C=O) groups excluding carboxylic acids is 1. The molecule has 0 saturated carbocycles. The number of phenols is 2. The predicted octanol–water partition coefficient (Wildman–Crippen LogP) is 3.23. The van der Waals surface area contributed by atoms with E-state index in [1.165, 1.54) is 12.1 Å². The Morgan fingerprint density at radius 3 is 2.33 bits per heavy atom. The minimum Gasteiger partial charge on any atom is -0.508 e. The van der Waals surface area contributed by atoms with Gasteiger partial charge in [0.25, 0.3) is 0 Å². The van der Waals surface area contributed by atoms with Gasteiger partial charge in [-0.05, 0) is 34.9 Å². The van der Waals surface area contributed by atoms with Gasteiger partial charge in [0, 0.05) is 5.56 Å². The standard InChI is InChI=1S/C17H12O4/c1-8-11-4-3-5-13(19)15(11)17(21)16-12(8)6-10(9(2)18)7-14(16)20/h3-7,18-20H,1-2H2. The number of phenolic OH excluding ortho intramolecular Hbond substituents is 2. The maximum atomic E-state index is 12.5. The first-order valence-corrected chi connectivity index (χ1v) is 6.23. The fraction of sp³-hybridized carbons (Fsp3) is 0. The maximum Gasteiger partial charge on any atom is 0.201 e. The molecule has 0 atom stereocenters. The Morgan fingerprint density at radius 2 is 1.67 bits per heavy atom. The summed E-state index contributed by atoms with van der Waals surface area (Å²) >= 11 is 0. The average Bonchev–Trinajstić information content (AvgIpc) is 2.43. The molecule has 0 aromatic heterocycles. The number of aliphatic hydroxyl groups excluding tert-OH is 1. The van der Waals surface area contributed by atoms with Gasteiger partial charge >= 0.3 is 0 Å². The van der Waals surface area contributed by atoms with Crippen LogP contribution in [-0.4, -0.2) is 21.1 Å². The van der Waals surface area contributed by atoms with Gasteiger partial charge in [-0.2, -0.15) is 0 Å². The van der Waals surface area contributed by atoms with Crippen molar-refractivity contribution in [1.29, 1.82) is 0 Å². The molecule has 0 fully saturated rings. The van der Waals surface area contributed by atoms with Crippen molar-refractivity contribution in [3.63, 3.8) is 0 Å². The summed E-state index contributed by atoms with van der Waals surface area (Å²) in [5.41, 5.74) is 1.92. The molecule has 0 radical (unpaired) electrons. The SMILES string of the molecule is C=C(O)c1cc(O)c2c(c1)C(=C)c1cccc(O)c1C2=O. The van der Waals surface area contributed by atoms with Gasteiger partial charge in [0.2, 0.25) is 5.78 Å². The van der Waals surface area contributed by atoms with Crippen LogP contribution in [0.4, 0.5) is 0 Å².